The van der Waals surface area contributed by atoms with Gasteiger partial charge in [0.05, 0.1) is 0 Å². The molecule has 1 amide bonds. The van der Waals surface area contributed by atoms with Crippen LogP contribution in [0, 0.1) is 5.82 Å². The Morgan fingerprint density at radius 3 is 2.62 bits per heavy atom. The average Bonchev–Trinajstić information content (AvgIpc) is 2.49. The van der Waals surface area contributed by atoms with Crippen molar-refractivity contribution in [2.24, 2.45) is 5.73 Å². The number of carbonyl (C=O) groups is 1. The minimum absolute atomic E-state index is 0.214. The lowest BCUT2D eigenvalue weighted by atomic mass is 9.97. The fourth-order valence-electron chi connectivity index (χ4n) is 2.75. The Bertz CT molecular complexity index is 667. The molecule has 2 aromatic carbocycles. The van der Waals surface area contributed by atoms with Gasteiger partial charge in [-0.2, -0.15) is 0 Å². The second-order valence-corrected chi connectivity index (χ2v) is 5.43. The Kier molecular flexibility index (Phi) is 3.71. The number of hydrogen-bond acceptors (Lipinski definition) is 2. The van der Waals surface area contributed by atoms with Crippen LogP contribution in [-0.4, -0.2) is 17.4 Å². The van der Waals surface area contributed by atoms with Gasteiger partial charge in [-0.05, 0) is 47.4 Å². The normalized spacial score (nSPS) is 14.7. The fourth-order valence-corrected chi connectivity index (χ4v) is 2.75. The summed E-state index contributed by atoms with van der Waals surface area (Å²) in [4.78, 5) is 13.6. The summed E-state index contributed by atoms with van der Waals surface area (Å²) in [6, 6.07) is 12.3. The number of nitrogens with zero attached hydrogens (tertiary/aromatic N) is 1. The van der Waals surface area contributed by atoms with Gasteiger partial charge in [-0.1, -0.05) is 18.2 Å². The maximum absolute atomic E-state index is 12.9. The van der Waals surface area contributed by atoms with Gasteiger partial charge < -0.3 is 5.73 Å². The lowest BCUT2D eigenvalue weighted by molar-refractivity contribution is 0.1000. The molecular formula is C17H17FN2O. The fraction of sp³-hybridized carbons (Fsp3) is 0.235. The van der Waals surface area contributed by atoms with E-state index in [4.69, 9.17) is 5.73 Å². The van der Waals surface area contributed by atoms with Gasteiger partial charge in [0, 0.05) is 25.2 Å². The van der Waals surface area contributed by atoms with E-state index in [1.165, 1.54) is 17.7 Å². The van der Waals surface area contributed by atoms with Gasteiger partial charge in [0.25, 0.3) is 0 Å². The lowest BCUT2D eigenvalue weighted by Gasteiger charge is -2.29. The average molecular weight is 284 g/mol. The van der Waals surface area contributed by atoms with Crippen molar-refractivity contribution < 1.29 is 9.18 Å². The minimum atomic E-state index is -0.395. The number of halogens is 1. The van der Waals surface area contributed by atoms with E-state index in [-0.39, 0.29) is 5.82 Å². The van der Waals surface area contributed by atoms with E-state index in [2.05, 4.69) is 4.90 Å². The molecule has 2 aromatic rings. The molecule has 21 heavy (non-hydrogen) atoms. The molecule has 3 rings (SSSR count). The summed E-state index contributed by atoms with van der Waals surface area (Å²) in [5, 5.41) is 0. The number of fused-ring (bicyclic) bond motifs is 1. The summed E-state index contributed by atoms with van der Waals surface area (Å²) in [5.41, 5.74) is 9.40. The highest BCUT2D eigenvalue weighted by Crippen LogP contribution is 2.22. The molecule has 0 saturated carbocycles. The summed E-state index contributed by atoms with van der Waals surface area (Å²) in [7, 11) is 0. The van der Waals surface area contributed by atoms with Crippen LogP contribution in [0.25, 0.3) is 0 Å². The number of nitrogens with two attached hydrogens (primary N) is 1. The van der Waals surface area contributed by atoms with Gasteiger partial charge in [-0.3, -0.25) is 9.69 Å². The number of amides is 1. The van der Waals surface area contributed by atoms with Crippen LogP contribution < -0.4 is 5.73 Å². The molecule has 1 heterocycles. The Morgan fingerprint density at radius 2 is 1.90 bits per heavy atom. The Labute approximate surface area is 123 Å². The monoisotopic (exact) mass is 284 g/mol. The van der Waals surface area contributed by atoms with E-state index >= 15 is 0 Å². The van der Waals surface area contributed by atoms with E-state index < -0.39 is 5.91 Å². The van der Waals surface area contributed by atoms with Crippen LogP contribution in [0.4, 0.5) is 4.39 Å². The molecule has 0 fully saturated rings. The molecule has 0 bridgehead atoms. The van der Waals surface area contributed by atoms with Crippen molar-refractivity contribution in [3.8, 4) is 0 Å². The van der Waals surface area contributed by atoms with Crippen LogP contribution >= 0.6 is 0 Å². The zero-order valence-electron chi connectivity index (χ0n) is 11.7. The molecule has 1 aliphatic rings. The summed E-state index contributed by atoms with van der Waals surface area (Å²) >= 11 is 0. The first-order chi connectivity index (χ1) is 10.1. The molecular weight excluding hydrogens is 267 g/mol. The Morgan fingerprint density at radius 1 is 1.14 bits per heavy atom. The molecule has 0 saturated heterocycles. The summed E-state index contributed by atoms with van der Waals surface area (Å²) in [6.45, 7) is 2.52. The van der Waals surface area contributed by atoms with E-state index in [1.807, 2.05) is 24.3 Å². The first-order valence-electron chi connectivity index (χ1n) is 7.00. The molecule has 0 spiro atoms. The molecule has 0 atom stereocenters. The Hall–Kier alpha value is -2.20. The standard InChI is InChI=1S/C17H17FN2O/c18-16-5-1-12(2-6-16)10-20-8-7-13-3-4-14(17(19)21)9-15(13)11-20/h1-6,9H,7-8,10-11H2,(H2,19,21). The van der Waals surface area contributed by atoms with Crippen molar-refractivity contribution in [2.75, 3.05) is 6.54 Å². The van der Waals surface area contributed by atoms with Crippen LogP contribution in [0.2, 0.25) is 0 Å². The number of rotatable bonds is 3. The lowest BCUT2D eigenvalue weighted by Crippen LogP contribution is -2.30. The molecule has 0 unspecified atom stereocenters. The van der Waals surface area contributed by atoms with Crippen molar-refractivity contribution in [1.82, 2.24) is 4.90 Å². The van der Waals surface area contributed by atoms with Crippen molar-refractivity contribution >= 4 is 5.91 Å². The Balaban J connectivity index is 1.75. The van der Waals surface area contributed by atoms with E-state index in [0.717, 1.165) is 37.2 Å². The molecule has 108 valence electrons. The SMILES string of the molecule is NC(=O)c1ccc2c(c1)CN(Cc1ccc(F)cc1)CC2. The quantitative estimate of drug-likeness (QED) is 0.941. The van der Waals surface area contributed by atoms with Crippen LogP contribution in [0.5, 0.6) is 0 Å². The summed E-state index contributed by atoms with van der Waals surface area (Å²) < 4.78 is 12.9. The van der Waals surface area contributed by atoms with Gasteiger partial charge in [0.2, 0.25) is 5.91 Å². The van der Waals surface area contributed by atoms with Gasteiger partial charge in [-0.15, -0.1) is 0 Å². The third-order valence-corrected chi connectivity index (χ3v) is 3.90. The predicted molar refractivity (Wildman–Crippen MR) is 79.2 cm³/mol. The predicted octanol–water partition coefficient (Wildman–Crippen LogP) is 2.48. The van der Waals surface area contributed by atoms with Gasteiger partial charge in [0.15, 0.2) is 0 Å². The third kappa shape index (κ3) is 3.11. The highest BCUT2D eigenvalue weighted by Gasteiger charge is 2.17. The second-order valence-electron chi connectivity index (χ2n) is 5.43. The van der Waals surface area contributed by atoms with Gasteiger partial charge >= 0.3 is 0 Å². The van der Waals surface area contributed by atoms with Crippen molar-refractivity contribution in [3.05, 3.63) is 70.5 Å². The minimum Gasteiger partial charge on any atom is -0.366 e. The number of carbonyl (C=O) groups excluding carboxylic acids is 1. The molecule has 4 heteroatoms. The summed E-state index contributed by atoms with van der Waals surface area (Å²) in [5.74, 6) is -0.609. The third-order valence-electron chi connectivity index (χ3n) is 3.90. The zero-order chi connectivity index (χ0) is 14.8. The molecule has 1 aliphatic heterocycles. The van der Waals surface area contributed by atoms with Gasteiger partial charge in [-0.25, -0.2) is 4.39 Å². The highest BCUT2D eigenvalue weighted by molar-refractivity contribution is 5.93. The molecule has 3 nitrogen and oxygen atoms in total. The van der Waals surface area contributed by atoms with E-state index in [0.29, 0.717) is 5.56 Å². The van der Waals surface area contributed by atoms with Crippen LogP contribution in [0.1, 0.15) is 27.0 Å². The topological polar surface area (TPSA) is 46.3 Å². The van der Waals surface area contributed by atoms with Crippen molar-refractivity contribution in [1.29, 1.82) is 0 Å². The maximum Gasteiger partial charge on any atom is 0.248 e. The van der Waals surface area contributed by atoms with Crippen LogP contribution in [-0.2, 0) is 19.5 Å². The maximum atomic E-state index is 12.9. The molecule has 2 N–H and O–H groups in total. The molecule has 0 aromatic heterocycles. The highest BCUT2D eigenvalue weighted by atomic mass is 19.1. The zero-order valence-corrected chi connectivity index (χ0v) is 11.7. The van der Waals surface area contributed by atoms with E-state index in [1.54, 1.807) is 6.07 Å². The first-order valence-corrected chi connectivity index (χ1v) is 7.00. The van der Waals surface area contributed by atoms with Gasteiger partial charge in [0.1, 0.15) is 5.82 Å². The number of benzene rings is 2. The number of hydrogen-bond donors (Lipinski definition) is 1. The number of primary amides is 1. The summed E-state index contributed by atoms with van der Waals surface area (Å²) in [6.07, 6.45) is 0.954. The second kappa shape index (κ2) is 5.66. The first kappa shape index (κ1) is 13.8. The van der Waals surface area contributed by atoms with Crippen molar-refractivity contribution in [2.45, 2.75) is 19.5 Å². The van der Waals surface area contributed by atoms with Crippen molar-refractivity contribution in [3.63, 3.8) is 0 Å². The molecule has 0 radical (unpaired) electrons. The van der Waals surface area contributed by atoms with Crippen LogP contribution in [0.15, 0.2) is 42.5 Å². The largest absolute Gasteiger partial charge is 0.366 e. The van der Waals surface area contributed by atoms with Crippen LogP contribution in [0.3, 0.4) is 0 Å². The van der Waals surface area contributed by atoms with E-state index in [9.17, 15) is 9.18 Å². The molecule has 0 aliphatic carbocycles. The smallest absolute Gasteiger partial charge is 0.248 e.